The zero-order valence-corrected chi connectivity index (χ0v) is 12.2. The minimum Gasteiger partial charge on any atom is -0.497 e. The fourth-order valence-corrected chi connectivity index (χ4v) is 2.17. The van der Waals surface area contributed by atoms with Gasteiger partial charge in [-0.05, 0) is 49.2 Å². The fourth-order valence-electron chi connectivity index (χ4n) is 2.17. The van der Waals surface area contributed by atoms with Crippen LogP contribution in [0, 0.1) is 0 Å². The quantitative estimate of drug-likeness (QED) is 0.907. The molecule has 1 atom stereocenters. The first-order valence-electron chi connectivity index (χ1n) is 6.74. The molecular formula is C17H21NO2. The highest BCUT2D eigenvalue weighted by molar-refractivity contribution is 5.41. The summed E-state index contributed by atoms with van der Waals surface area (Å²) < 4.78 is 10.6. The Balaban J connectivity index is 2.27. The molecule has 2 aromatic carbocycles. The molecule has 2 N–H and O–H groups in total. The van der Waals surface area contributed by atoms with E-state index in [-0.39, 0.29) is 0 Å². The number of hydrogen-bond acceptors (Lipinski definition) is 3. The molecular weight excluding hydrogens is 250 g/mol. The summed E-state index contributed by atoms with van der Waals surface area (Å²) >= 11 is 0. The molecule has 0 bridgehead atoms. The summed E-state index contributed by atoms with van der Waals surface area (Å²) in [6.07, 6.45) is 0. The summed E-state index contributed by atoms with van der Waals surface area (Å²) in [7, 11) is 1.66. The molecule has 2 rings (SSSR count). The van der Waals surface area contributed by atoms with Crippen molar-refractivity contribution in [2.45, 2.75) is 19.4 Å². The van der Waals surface area contributed by atoms with Crippen molar-refractivity contribution in [1.82, 2.24) is 0 Å². The fraction of sp³-hybridized carbons (Fsp3) is 0.294. The van der Waals surface area contributed by atoms with Gasteiger partial charge < -0.3 is 15.2 Å². The van der Waals surface area contributed by atoms with Crippen LogP contribution in [0.2, 0.25) is 0 Å². The summed E-state index contributed by atoms with van der Waals surface area (Å²) in [5.41, 5.74) is 8.04. The van der Waals surface area contributed by atoms with E-state index in [1.807, 2.05) is 62.4 Å². The summed E-state index contributed by atoms with van der Waals surface area (Å²) in [6, 6.07) is 15.8. The van der Waals surface area contributed by atoms with Crippen molar-refractivity contribution in [3.05, 3.63) is 59.7 Å². The van der Waals surface area contributed by atoms with Gasteiger partial charge in [0.1, 0.15) is 11.5 Å². The van der Waals surface area contributed by atoms with Crippen molar-refractivity contribution in [3.63, 3.8) is 0 Å². The minimum absolute atomic E-state index is 0.545. The molecule has 3 heteroatoms. The molecule has 0 heterocycles. The van der Waals surface area contributed by atoms with Crippen LogP contribution in [0.25, 0.3) is 0 Å². The van der Waals surface area contributed by atoms with Crippen LogP contribution in [-0.2, 0) is 5.54 Å². The van der Waals surface area contributed by atoms with Crippen molar-refractivity contribution < 1.29 is 9.47 Å². The Kier molecular flexibility index (Phi) is 4.30. The first-order chi connectivity index (χ1) is 9.57. The Labute approximate surface area is 120 Å². The van der Waals surface area contributed by atoms with Crippen LogP contribution in [0.3, 0.4) is 0 Å². The van der Waals surface area contributed by atoms with E-state index in [0.717, 1.165) is 22.6 Å². The van der Waals surface area contributed by atoms with Gasteiger partial charge in [0.15, 0.2) is 0 Å². The smallest absolute Gasteiger partial charge is 0.119 e. The lowest BCUT2D eigenvalue weighted by atomic mass is 9.86. The zero-order valence-electron chi connectivity index (χ0n) is 12.2. The molecule has 1 unspecified atom stereocenters. The minimum atomic E-state index is -0.545. The van der Waals surface area contributed by atoms with Gasteiger partial charge in [0.2, 0.25) is 0 Å². The average molecular weight is 271 g/mol. The Morgan fingerprint density at radius 1 is 0.900 bits per heavy atom. The van der Waals surface area contributed by atoms with E-state index in [9.17, 15) is 0 Å². The number of nitrogens with two attached hydrogens (primary N) is 1. The standard InChI is InChI=1S/C17H21NO2/c1-4-20-16-11-7-14(8-12-16)17(2,18)13-5-9-15(19-3)10-6-13/h5-12H,4,18H2,1-3H3. The predicted octanol–water partition coefficient (Wildman–Crippen LogP) is 3.32. The molecule has 3 nitrogen and oxygen atoms in total. The van der Waals surface area contributed by atoms with Gasteiger partial charge in [0.25, 0.3) is 0 Å². The van der Waals surface area contributed by atoms with E-state index in [2.05, 4.69) is 0 Å². The predicted molar refractivity (Wildman–Crippen MR) is 81.2 cm³/mol. The van der Waals surface area contributed by atoms with Crippen LogP contribution in [-0.4, -0.2) is 13.7 Å². The lowest BCUT2D eigenvalue weighted by Gasteiger charge is -2.26. The maximum absolute atomic E-state index is 6.49. The summed E-state index contributed by atoms with van der Waals surface area (Å²) in [4.78, 5) is 0. The molecule has 0 saturated heterocycles. The number of benzene rings is 2. The maximum atomic E-state index is 6.49. The third-order valence-corrected chi connectivity index (χ3v) is 3.45. The molecule has 0 saturated carbocycles. The SMILES string of the molecule is CCOc1ccc(C(C)(N)c2ccc(OC)cc2)cc1. The first kappa shape index (κ1) is 14.4. The van der Waals surface area contributed by atoms with Gasteiger partial charge >= 0.3 is 0 Å². The average Bonchev–Trinajstić information content (AvgIpc) is 2.48. The summed E-state index contributed by atoms with van der Waals surface area (Å²) in [6.45, 7) is 4.64. The van der Waals surface area contributed by atoms with E-state index < -0.39 is 5.54 Å². The molecule has 0 fully saturated rings. The van der Waals surface area contributed by atoms with Crippen molar-refractivity contribution in [2.75, 3.05) is 13.7 Å². The molecule has 0 aliphatic rings. The van der Waals surface area contributed by atoms with E-state index >= 15 is 0 Å². The summed E-state index contributed by atoms with van der Waals surface area (Å²) in [5.74, 6) is 1.69. The molecule has 0 amide bonds. The number of rotatable bonds is 5. The molecule has 0 aliphatic heterocycles. The highest BCUT2D eigenvalue weighted by Crippen LogP contribution is 2.29. The second-order valence-corrected chi connectivity index (χ2v) is 4.89. The Morgan fingerprint density at radius 3 is 1.75 bits per heavy atom. The van der Waals surface area contributed by atoms with E-state index in [4.69, 9.17) is 15.2 Å². The Morgan fingerprint density at radius 2 is 1.35 bits per heavy atom. The lowest BCUT2D eigenvalue weighted by molar-refractivity contribution is 0.340. The van der Waals surface area contributed by atoms with Gasteiger partial charge in [0, 0.05) is 0 Å². The normalized spacial score (nSPS) is 13.6. The summed E-state index contributed by atoms with van der Waals surface area (Å²) in [5, 5.41) is 0. The number of hydrogen-bond donors (Lipinski definition) is 1. The molecule has 106 valence electrons. The molecule has 0 radical (unpaired) electrons. The Hall–Kier alpha value is -2.00. The molecule has 0 spiro atoms. The van der Waals surface area contributed by atoms with Crippen LogP contribution in [0.1, 0.15) is 25.0 Å². The van der Waals surface area contributed by atoms with Gasteiger partial charge in [0.05, 0.1) is 19.3 Å². The largest absolute Gasteiger partial charge is 0.497 e. The zero-order chi connectivity index (χ0) is 14.6. The maximum Gasteiger partial charge on any atom is 0.119 e. The number of ether oxygens (including phenoxy) is 2. The van der Waals surface area contributed by atoms with Crippen LogP contribution >= 0.6 is 0 Å². The highest BCUT2D eigenvalue weighted by atomic mass is 16.5. The topological polar surface area (TPSA) is 44.5 Å². The molecule has 0 aromatic heterocycles. The second kappa shape index (κ2) is 5.97. The third-order valence-electron chi connectivity index (χ3n) is 3.45. The molecule has 0 aliphatic carbocycles. The van der Waals surface area contributed by atoms with Crippen molar-refractivity contribution >= 4 is 0 Å². The van der Waals surface area contributed by atoms with Crippen molar-refractivity contribution in [3.8, 4) is 11.5 Å². The lowest BCUT2D eigenvalue weighted by Crippen LogP contribution is -2.34. The van der Waals surface area contributed by atoms with Gasteiger partial charge in [-0.2, -0.15) is 0 Å². The van der Waals surface area contributed by atoms with Crippen molar-refractivity contribution in [2.24, 2.45) is 5.73 Å². The third kappa shape index (κ3) is 2.94. The van der Waals surface area contributed by atoms with Crippen LogP contribution in [0.4, 0.5) is 0 Å². The Bertz CT molecular complexity index is 544. The highest BCUT2D eigenvalue weighted by Gasteiger charge is 2.23. The van der Waals surface area contributed by atoms with Crippen molar-refractivity contribution in [1.29, 1.82) is 0 Å². The van der Waals surface area contributed by atoms with Gasteiger partial charge in [-0.1, -0.05) is 24.3 Å². The van der Waals surface area contributed by atoms with Gasteiger partial charge in [-0.15, -0.1) is 0 Å². The second-order valence-electron chi connectivity index (χ2n) is 4.89. The van der Waals surface area contributed by atoms with Gasteiger partial charge in [-0.25, -0.2) is 0 Å². The first-order valence-corrected chi connectivity index (χ1v) is 6.74. The van der Waals surface area contributed by atoms with Crippen LogP contribution in [0.5, 0.6) is 11.5 Å². The van der Waals surface area contributed by atoms with Crippen LogP contribution < -0.4 is 15.2 Å². The van der Waals surface area contributed by atoms with E-state index in [1.54, 1.807) is 7.11 Å². The van der Waals surface area contributed by atoms with E-state index in [1.165, 1.54) is 0 Å². The molecule has 2 aromatic rings. The molecule has 20 heavy (non-hydrogen) atoms. The van der Waals surface area contributed by atoms with Crippen LogP contribution in [0.15, 0.2) is 48.5 Å². The van der Waals surface area contributed by atoms with Gasteiger partial charge in [-0.3, -0.25) is 0 Å². The number of methoxy groups -OCH3 is 1. The monoisotopic (exact) mass is 271 g/mol. The van der Waals surface area contributed by atoms with E-state index in [0.29, 0.717) is 6.61 Å².